The first-order valence-corrected chi connectivity index (χ1v) is 8.98. The summed E-state index contributed by atoms with van der Waals surface area (Å²) in [7, 11) is 0. The molecule has 0 aliphatic carbocycles. The Morgan fingerprint density at radius 3 is 2.58 bits per heavy atom. The molecule has 0 aromatic heterocycles. The molecule has 1 amide bonds. The summed E-state index contributed by atoms with van der Waals surface area (Å²) in [6, 6.07) is 12.3. The van der Waals surface area contributed by atoms with Crippen molar-refractivity contribution in [1.82, 2.24) is 4.90 Å². The molecule has 0 bridgehead atoms. The quantitative estimate of drug-likeness (QED) is 0.714. The molecule has 1 N–H and O–H groups in total. The Labute approximate surface area is 154 Å². The Hall–Kier alpha value is -2.82. The number of hydrogen-bond acceptors (Lipinski definition) is 4. The van der Waals surface area contributed by atoms with E-state index in [0.29, 0.717) is 42.3 Å². The molecule has 5 nitrogen and oxygen atoms in total. The van der Waals surface area contributed by atoms with Gasteiger partial charge >= 0.3 is 0 Å². The highest BCUT2D eigenvalue weighted by molar-refractivity contribution is 5.95. The molecule has 0 fully saturated rings. The van der Waals surface area contributed by atoms with Crippen molar-refractivity contribution in [3.05, 3.63) is 53.6 Å². The maximum absolute atomic E-state index is 12.4. The number of nitrogens with zero attached hydrogens (tertiary/aromatic N) is 2. The average Bonchev–Trinajstić information content (AvgIpc) is 2.66. The molecule has 2 rings (SSSR count). The molecule has 2 aromatic rings. The topological polar surface area (TPSA) is 62.1 Å². The van der Waals surface area contributed by atoms with Crippen LogP contribution in [-0.2, 0) is 0 Å². The van der Waals surface area contributed by atoms with Crippen LogP contribution in [0.2, 0.25) is 0 Å². The number of aliphatic imine (C=N–C) groups is 1. The molecule has 0 saturated heterocycles. The van der Waals surface area contributed by atoms with Crippen LogP contribution in [0.5, 0.6) is 11.5 Å². The second kappa shape index (κ2) is 9.61. The summed E-state index contributed by atoms with van der Waals surface area (Å²) < 4.78 is 5.49. The fourth-order valence-corrected chi connectivity index (χ4v) is 2.50. The van der Waals surface area contributed by atoms with Crippen LogP contribution in [0.1, 0.15) is 43.1 Å². The maximum Gasteiger partial charge on any atom is 0.253 e. The number of rotatable bonds is 8. The van der Waals surface area contributed by atoms with E-state index in [4.69, 9.17) is 4.74 Å². The van der Waals surface area contributed by atoms with E-state index in [9.17, 15) is 9.90 Å². The highest BCUT2D eigenvalue weighted by atomic mass is 16.5. The summed E-state index contributed by atoms with van der Waals surface area (Å²) in [5.41, 5.74) is 1.86. The lowest BCUT2D eigenvalue weighted by atomic mass is 10.1. The number of carbonyl (C=O) groups is 1. The third kappa shape index (κ3) is 5.09. The van der Waals surface area contributed by atoms with E-state index in [-0.39, 0.29) is 11.7 Å². The first-order chi connectivity index (χ1) is 12.6. The van der Waals surface area contributed by atoms with Crippen LogP contribution in [0, 0.1) is 0 Å². The first-order valence-electron chi connectivity index (χ1n) is 8.98. The molecule has 26 heavy (non-hydrogen) atoms. The van der Waals surface area contributed by atoms with Crippen molar-refractivity contribution in [2.45, 2.75) is 27.2 Å². The van der Waals surface area contributed by atoms with Crippen molar-refractivity contribution >= 4 is 17.8 Å². The Morgan fingerprint density at radius 1 is 1.15 bits per heavy atom. The van der Waals surface area contributed by atoms with E-state index in [1.807, 2.05) is 32.9 Å². The van der Waals surface area contributed by atoms with Gasteiger partial charge in [-0.1, -0.05) is 13.0 Å². The number of phenolic OH excluding ortho intramolecular Hbond substituents is 1. The normalized spacial score (nSPS) is 10.9. The Kier molecular flexibility index (Phi) is 7.21. The Balaban J connectivity index is 2.15. The van der Waals surface area contributed by atoms with Crippen LogP contribution < -0.4 is 4.74 Å². The Morgan fingerprint density at radius 2 is 1.92 bits per heavy atom. The van der Waals surface area contributed by atoms with Gasteiger partial charge in [-0.3, -0.25) is 9.79 Å². The van der Waals surface area contributed by atoms with Gasteiger partial charge in [0, 0.05) is 36.5 Å². The molecule has 0 aliphatic rings. The molecule has 0 saturated carbocycles. The minimum absolute atomic E-state index is 0.00711. The van der Waals surface area contributed by atoms with Crippen LogP contribution in [0.4, 0.5) is 5.69 Å². The molecular formula is C21H26N2O3. The van der Waals surface area contributed by atoms with Gasteiger partial charge in [0.25, 0.3) is 5.91 Å². The fourth-order valence-electron chi connectivity index (χ4n) is 2.50. The van der Waals surface area contributed by atoms with Gasteiger partial charge in [-0.25, -0.2) is 0 Å². The van der Waals surface area contributed by atoms with Crippen molar-refractivity contribution in [3.63, 3.8) is 0 Å². The molecule has 0 spiro atoms. The van der Waals surface area contributed by atoms with Gasteiger partial charge in [-0.05, 0) is 50.6 Å². The minimum atomic E-state index is -0.00711. The highest BCUT2D eigenvalue weighted by Gasteiger charge is 2.12. The maximum atomic E-state index is 12.4. The van der Waals surface area contributed by atoms with E-state index in [0.717, 1.165) is 6.42 Å². The van der Waals surface area contributed by atoms with Gasteiger partial charge < -0.3 is 14.7 Å². The Bertz CT molecular complexity index is 768. The molecular weight excluding hydrogens is 328 g/mol. The van der Waals surface area contributed by atoms with E-state index in [2.05, 4.69) is 4.99 Å². The van der Waals surface area contributed by atoms with Gasteiger partial charge in [0.1, 0.15) is 11.5 Å². The number of ether oxygens (including phenoxy) is 1. The van der Waals surface area contributed by atoms with Crippen molar-refractivity contribution in [2.24, 2.45) is 4.99 Å². The van der Waals surface area contributed by atoms with Crippen LogP contribution in [0.15, 0.2) is 47.5 Å². The van der Waals surface area contributed by atoms with Gasteiger partial charge in [0.15, 0.2) is 0 Å². The van der Waals surface area contributed by atoms with Crippen LogP contribution in [-0.4, -0.2) is 41.8 Å². The molecule has 5 heteroatoms. The largest absolute Gasteiger partial charge is 0.507 e. The lowest BCUT2D eigenvalue weighted by Crippen LogP contribution is -2.30. The number of carbonyl (C=O) groups excluding carboxylic acids is 1. The molecule has 0 radical (unpaired) electrons. The van der Waals surface area contributed by atoms with E-state index >= 15 is 0 Å². The average molecular weight is 354 g/mol. The minimum Gasteiger partial charge on any atom is -0.507 e. The lowest BCUT2D eigenvalue weighted by molar-refractivity contribution is 0.0773. The zero-order valence-corrected chi connectivity index (χ0v) is 15.6. The summed E-state index contributed by atoms with van der Waals surface area (Å²) in [6.07, 6.45) is 2.49. The SMILES string of the molecule is CCCOc1ccc(C=Nc2cccc(C(=O)N(CC)CC)c2)c(O)c1. The zero-order chi connectivity index (χ0) is 18.9. The number of aromatic hydroxyl groups is 1. The fraction of sp³-hybridized carbons (Fsp3) is 0.333. The first kappa shape index (κ1) is 19.5. The molecule has 138 valence electrons. The van der Waals surface area contributed by atoms with Crippen molar-refractivity contribution in [1.29, 1.82) is 0 Å². The zero-order valence-electron chi connectivity index (χ0n) is 15.6. The summed E-state index contributed by atoms with van der Waals surface area (Å²) in [5, 5.41) is 10.1. The van der Waals surface area contributed by atoms with Crippen molar-refractivity contribution in [2.75, 3.05) is 19.7 Å². The number of phenols is 1. The smallest absolute Gasteiger partial charge is 0.253 e. The van der Waals surface area contributed by atoms with E-state index in [1.165, 1.54) is 0 Å². The molecule has 2 aromatic carbocycles. The summed E-state index contributed by atoms with van der Waals surface area (Å²) in [5.74, 6) is 0.735. The highest BCUT2D eigenvalue weighted by Crippen LogP contribution is 2.23. The molecule has 0 aliphatic heterocycles. The molecule has 0 heterocycles. The van der Waals surface area contributed by atoms with Gasteiger partial charge in [0.2, 0.25) is 0 Å². The lowest BCUT2D eigenvalue weighted by Gasteiger charge is -2.18. The third-order valence-corrected chi connectivity index (χ3v) is 3.97. The van der Waals surface area contributed by atoms with Gasteiger partial charge in [0.05, 0.1) is 12.3 Å². The number of amides is 1. The third-order valence-electron chi connectivity index (χ3n) is 3.97. The van der Waals surface area contributed by atoms with Crippen molar-refractivity contribution in [3.8, 4) is 11.5 Å². The summed E-state index contributed by atoms with van der Waals surface area (Å²) in [4.78, 5) is 18.6. The summed E-state index contributed by atoms with van der Waals surface area (Å²) >= 11 is 0. The van der Waals surface area contributed by atoms with Gasteiger partial charge in [-0.2, -0.15) is 0 Å². The van der Waals surface area contributed by atoms with Crippen LogP contribution in [0.25, 0.3) is 0 Å². The predicted molar refractivity (Wildman–Crippen MR) is 105 cm³/mol. The second-order valence-electron chi connectivity index (χ2n) is 5.86. The number of hydrogen-bond donors (Lipinski definition) is 1. The van der Waals surface area contributed by atoms with Gasteiger partial charge in [-0.15, -0.1) is 0 Å². The molecule has 0 unspecified atom stereocenters. The standard InChI is InChI=1S/C21H26N2O3/c1-4-12-26-19-11-10-17(20(24)14-19)15-22-18-9-7-8-16(13-18)21(25)23(5-2)6-3/h7-11,13-15,24H,4-6,12H2,1-3H3. The monoisotopic (exact) mass is 354 g/mol. The molecule has 0 atom stereocenters. The predicted octanol–water partition coefficient (Wildman–Crippen LogP) is 4.41. The van der Waals surface area contributed by atoms with Crippen molar-refractivity contribution < 1.29 is 14.6 Å². The van der Waals surface area contributed by atoms with Crippen LogP contribution >= 0.6 is 0 Å². The van der Waals surface area contributed by atoms with E-state index in [1.54, 1.807) is 41.4 Å². The summed E-state index contributed by atoms with van der Waals surface area (Å²) in [6.45, 7) is 7.90. The van der Waals surface area contributed by atoms with Crippen LogP contribution in [0.3, 0.4) is 0 Å². The number of benzene rings is 2. The van der Waals surface area contributed by atoms with E-state index < -0.39 is 0 Å². The second-order valence-corrected chi connectivity index (χ2v) is 5.86.